The first-order valence-corrected chi connectivity index (χ1v) is 12.0. The summed E-state index contributed by atoms with van der Waals surface area (Å²) in [5.41, 5.74) is 4.04. The summed E-state index contributed by atoms with van der Waals surface area (Å²) >= 11 is 0. The molecule has 2 heterocycles. The molecule has 1 N–H and O–H groups in total. The minimum Gasteiger partial charge on any atom is -0.455 e. The molecular weight excluding hydrogens is 457 g/mol. The molecule has 36 heavy (non-hydrogen) atoms. The normalized spacial score (nSPS) is 15.8. The molecule has 0 radical (unpaired) electrons. The van der Waals surface area contributed by atoms with E-state index in [1.54, 1.807) is 19.2 Å². The van der Waals surface area contributed by atoms with Crippen LogP contribution in [0.1, 0.15) is 27.1 Å². The molecule has 6 nitrogen and oxygen atoms in total. The minimum absolute atomic E-state index is 0.0120. The number of halogens is 1. The van der Waals surface area contributed by atoms with Gasteiger partial charge in [-0.1, -0.05) is 18.2 Å². The summed E-state index contributed by atoms with van der Waals surface area (Å²) in [5.74, 6) is -0.241. The van der Waals surface area contributed by atoms with Crippen LogP contribution in [0.15, 0.2) is 71.1 Å². The third kappa shape index (κ3) is 4.38. The summed E-state index contributed by atoms with van der Waals surface area (Å²) < 4.78 is 19.5. The van der Waals surface area contributed by atoms with Gasteiger partial charge in [-0.25, -0.2) is 4.39 Å². The fraction of sp³-hybridized carbons (Fsp3) is 0.241. The lowest BCUT2D eigenvalue weighted by Crippen LogP contribution is -2.38. The molecule has 0 spiro atoms. The van der Waals surface area contributed by atoms with E-state index in [1.807, 2.05) is 54.4 Å². The Kier molecular flexibility index (Phi) is 6.33. The summed E-state index contributed by atoms with van der Waals surface area (Å²) in [5, 5.41) is 3.34. The maximum Gasteiger partial charge on any atom is 0.255 e. The van der Waals surface area contributed by atoms with Gasteiger partial charge in [-0.05, 0) is 79.7 Å². The van der Waals surface area contributed by atoms with Crippen molar-refractivity contribution >= 4 is 22.8 Å². The van der Waals surface area contributed by atoms with Crippen LogP contribution in [-0.2, 0) is 0 Å². The Morgan fingerprint density at radius 1 is 1.00 bits per heavy atom. The van der Waals surface area contributed by atoms with Crippen molar-refractivity contribution in [1.29, 1.82) is 0 Å². The monoisotopic (exact) mass is 485 g/mol. The second kappa shape index (κ2) is 9.59. The van der Waals surface area contributed by atoms with E-state index in [0.29, 0.717) is 33.4 Å². The van der Waals surface area contributed by atoms with Crippen molar-refractivity contribution in [2.24, 2.45) is 0 Å². The van der Waals surface area contributed by atoms with E-state index in [1.165, 1.54) is 12.1 Å². The number of rotatable bonds is 5. The summed E-state index contributed by atoms with van der Waals surface area (Å²) in [6.07, 6.45) is 0.981. The Hall–Kier alpha value is -3.97. The molecule has 1 aromatic heterocycles. The molecule has 1 atom stereocenters. The van der Waals surface area contributed by atoms with Gasteiger partial charge in [0.25, 0.3) is 11.8 Å². The van der Waals surface area contributed by atoms with Crippen LogP contribution in [0.4, 0.5) is 4.39 Å². The fourth-order valence-electron chi connectivity index (χ4n) is 4.83. The lowest BCUT2D eigenvalue weighted by Gasteiger charge is -2.24. The highest BCUT2D eigenvalue weighted by Crippen LogP contribution is 2.36. The number of carbonyl (C=O) groups excluding carboxylic acids is 2. The largest absolute Gasteiger partial charge is 0.455 e. The number of fused-ring (bicyclic) bond motifs is 1. The molecule has 1 aliphatic heterocycles. The molecule has 3 aromatic carbocycles. The SMILES string of the molecule is CNC(=O)c1c(-c2ccc(F)cc2)oc2ccc(-c3ccc(C(=O)N(C)C4CCN(C)C4)cc3)cc12. The van der Waals surface area contributed by atoms with Crippen molar-refractivity contribution in [3.05, 3.63) is 83.7 Å². The molecular formula is C29H28FN3O3. The van der Waals surface area contributed by atoms with Crippen LogP contribution in [0.5, 0.6) is 0 Å². The third-order valence-electron chi connectivity index (χ3n) is 6.95. The minimum atomic E-state index is -0.359. The third-order valence-corrected chi connectivity index (χ3v) is 6.95. The Morgan fingerprint density at radius 3 is 2.31 bits per heavy atom. The predicted octanol–water partition coefficient (Wildman–Crippen LogP) is 5.04. The number of nitrogens with one attached hydrogen (secondary N) is 1. The number of hydrogen-bond acceptors (Lipinski definition) is 4. The smallest absolute Gasteiger partial charge is 0.255 e. The number of likely N-dealkylation sites (tertiary alicyclic amines) is 1. The zero-order valence-corrected chi connectivity index (χ0v) is 20.5. The number of amides is 2. The molecule has 1 saturated heterocycles. The lowest BCUT2D eigenvalue weighted by molar-refractivity contribution is 0.0737. The molecule has 0 aliphatic carbocycles. The van der Waals surface area contributed by atoms with Gasteiger partial charge in [0.1, 0.15) is 17.2 Å². The number of likely N-dealkylation sites (N-methyl/N-ethyl adjacent to an activating group) is 2. The predicted molar refractivity (Wildman–Crippen MR) is 138 cm³/mol. The molecule has 1 aliphatic rings. The van der Waals surface area contributed by atoms with Crippen LogP contribution >= 0.6 is 0 Å². The van der Waals surface area contributed by atoms with Crippen molar-refractivity contribution in [3.63, 3.8) is 0 Å². The van der Waals surface area contributed by atoms with Crippen molar-refractivity contribution in [1.82, 2.24) is 15.1 Å². The first-order valence-electron chi connectivity index (χ1n) is 12.0. The highest BCUT2D eigenvalue weighted by molar-refractivity contribution is 6.11. The number of nitrogens with zero attached hydrogens (tertiary/aromatic N) is 2. The van der Waals surface area contributed by atoms with Crippen LogP contribution in [0.25, 0.3) is 33.4 Å². The van der Waals surface area contributed by atoms with E-state index in [9.17, 15) is 14.0 Å². The average molecular weight is 486 g/mol. The van der Waals surface area contributed by atoms with Crippen molar-refractivity contribution in [2.75, 3.05) is 34.2 Å². The maximum atomic E-state index is 13.5. The number of hydrogen-bond donors (Lipinski definition) is 1. The van der Waals surface area contributed by atoms with Crippen LogP contribution in [0.2, 0.25) is 0 Å². The Labute approximate surface area is 209 Å². The van der Waals surface area contributed by atoms with Crippen LogP contribution in [0.3, 0.4) is 0 Å². The van der Waals surface area contributed by atoms with Crippen LogP contribution in [-0.4, -0.2) is 61.9 Å². The molecule has 7 heteroatoms. The standard InChI is InChI=1S/C29H28FN3O3/c1-31-28(34)26-24-16-21(10-13-25(24)36-27(26)19-8-11-22(30)12-9-19)18-4-6-20(7-5-18)29(35)33(3)23-14-15-32(2)17-23/h4-13,16,23H,14-15,17H2,1-3H3,(H,31,34). The van der Waals surface area contributed by atoms with E-state index in [-0.39, 0.29) is 23.7 Å². The van der Waals surface area contributed by atoms with Crippen molar-refractivity contribution < 1.29 is 18.4 Å². The van der Waals surface area contributed by atoms with E-state index >= 15 is 0 Å². The second-order valence-corrected chi connectivity index (χ2v) is 9.30. The van der Waals surface area contributed by atoms with Crippen molar-refractivity contribution in [3.8, 4) is 22.5 Å². The molecule has 4 aromatic rings. The summed E-state index contributed by atoms with van der Waals surface area (Å²) in [6, 6.07) is 19.3. The topological polar surface area (TPSA) is 65.8 Å². The van der Waals surface area contributed by atoms with E-state index in [2.05, 4.69) is 17.3 Å². The van der Waals surface area contributed by atoms with E-state index in [0.717, 1.165) is 30.6 Å². The summed E-state index contributed by atoms with van der Waals surface area (Å²) in [7, 11) is 5.50. The first kappa shape index (κ1) is 23.8. The van der Waals surface area contributed by atoms with Gasteiger partial charge in [0.15, 0.2) is 0 Å². The first-order chi connectivity index (χ1) is 17.4. The van der Waals surface area contributed by atoms with Gasteiger partial charge in [-0.3, -0.25) is 9.59 Å². The van der Waals surface area contributed by atoms with Crippen molar-refractivity contribution in [2.45, 2.75) is 12.5 Å². The Balaban J connectivity index is 1.47. The number of benzene rings is 3. The lowest BCUT2D eigenvalue weighted by atomic mass is 9.99. The molecule has 0 bridgehead atoms. The molecule has 2 amide bonds. The van der Waals surface area contributed by atoms with Gasteiger partial charge in [0.2, 0.25) is 0 Å². The molecule has 5 rings (SSSR count). The van der Waals surface area contributed by atoms with Gasteiger partial charge in [-0.15, -0.1) is 0 Å². The number of carbonyl (C=O) groups is 2. The van der Waals surface area contributed by atoms with E-state index < -0.39 is 0 Å². The van der Waals surface area contributed by atoms with Gasteiger partial charge in [-0.2, -0.15) is 0 Å². The summed E-state index contributed by atoms with van der Waals surface area (Å²) in [6.45, 7) is 1.89. The van der Waals surface area contributed by atoms with Gasteiger partial charge < -0.3 is 19.5 Å². The van der Waals surface area contributed by atoms with Gasteiger partial charge >= 0.3 is 0 Å². The maximum absolute atomic E-state index is 13.5. The average Bonchev–Trinajstić information content (AvgIpc) is 3.51. The highest BCUT2D eigenvalue weighted by atomic mass is 19.1. The Bertz CT molecular complexity index is 1430. The quantitative estimate of drug-likeness (QED) is 0.430. The van der Waals surface area contributed by atoms with Gasteiger partial charge in [0.05, 0.1) is 5.56 Å². The molecule has 0 saturated carbocycles. The molecule has 1 fully saturated rings. The zero-order valence-electron chi connectivity index (χ0n) is 20.5. The van der Waals surface area contributed by atoms with Gasteiger partial charge in [0, 0.05) is 43.2 Å². The zero-order chi connectivity index (χ0) is 25.4. The second-order valence-electron chi connectivity index (χ2n) is 9.30. The molecule has 1 unspecified atom stereocenters. The number of furan rings is 1. The Morgan fingerprint density at radius 2 is 1.67 bits per heavy atom. The summed E-state index contributed by atoms with van der Waals surface area (Å²) in [4.78, 5) is 29.9. The van der Waals surface area contributed by atoms with Crippen LogP contribution in [0, 0.1) is 5.82 Å². The van der Waals surface area contributed by atoms with Crippen LogP contribution < -0.4 is 5.32 Å². The van der Waals surface area contributed by atoms with E-state index in [4.69, 9.17) is 4.42 Å². The fourth-order valence-corrected chi connectivity index (χ4v) is 4.83. The molecule has 184 valence electrons. The highest BCUT2D eigenvalue weighted by Gasteiger charge is 2.27.